The Balaban J connectivity index is 1.43. The molecule has 36 heavy (non-hydrogen) atoms. The molecule has 0 amide bonds. The van der Waals surface area contributed by atoms with Crippen molar-refractivity contribution in [1.29, 1.82) is 0 Å². The van der Waals surface area contributed by atoms with E-state index in [-0.39, 0.29) is 18.2 Å². The van der Waals surface area contributed by atoms with Gasteiger partial charge in [-0.25, -0.2) is 8.42 Å². The number of hydrogen-bond donors (Lipinski definition) is 0. The molecule has 2 heterocycles. The van der Waals surface area contributed by atoms with Crippen LogP contribution >= 0.6 is 15.9 Å². The normalized spacial score (nSPS) is 20.3. The summed E-state index contributed by atoms with van der Waals surface area (Å²) in [5.41, 5.74) is -2.21. The zero-order valence-electron chi connectivity index (χ0n) is 19.3. The molecule has 7 nitrogen and oxygen atoms in total. The lowest BCUT2D eigenvalue weighted by molar-refractivity contribution is -0.153. The van der Waals surface area contributed by atoms with E-state index in [1.807, 2.05) is 4.90 Å². The van der Waals surface area contributed by atoms with Crippen LogP contribution in [-0.2, 0) is 25.7 Å². The van der Waals surface area contributed by atoms with Gasteiger partial charge in [0, 0.05) is 24.1 Å². The van der Waals surface area contributed by atoms with Gasteiger partial charge in [0.25, 0.3) is 10.0 Å². The Kier molecular flexibility index (Phi) is 6.07. The second-order valence-corrected chi connectivity index (χ2v) is 12.4. The van der Waals surface area contributed by atoms with Crippen molar-refractivity contribution in [2.45, 2.75) is 36.4 Å². The molecule has 5 rings (SSSR count). The van der Waals surface area contributed by atoms with E-state index in [9.17, 15) is 26.4 Å². The lowest BCUT2D eigenvalue weighted by atomic mass is 9.90. The van der Waals surface area contributed by atoms with Crippen molar-refractivity contribution in [2.75, 3.05) is 37.1 Å². The van der Waals surface area contributed by atoms with Crippen LogP contribution in [0.5, 0.6) is 5.75 Å². The molecule has 0 aromatic heterocycles. The van der Waals surface area contributed by atoms with Crippen molar-refractivity contribution >= 4 is 37.6 Å². The molecule has 0 bridgehead atoms. The van der Waals surface area contributed by atoms with Crippen molar-refractivity contribution < 1.29 is 35.9 Å². The van der Waals surface area contributed by atoms with E-state index in [1.54, 1.807) is 25.1 Å². The highest BCUT2D eigenvalue weighted by molar-refractivity contribution is 9.10. The fraction of sp³-hybridized carbons (Fsp3) is 0.458. The molecule has 0 unspecified atom stereocenters. The minimum Gasteiger partial charge on any atom is -0.480 e. The van der Waals surface area contributed by atoms with E-state index in [1.165, 1.54) is 0 Å². The van der Waals surface area contributed by atoms with Gasteiger partial charge >= 0.3 is 12.1 Å². The monoisotopic (exact) mass is 588 g/mol. The summed E-state index contributed by atoms with van der Waals surface area (Å²) in [4.78, 5) is 13.9. The highest BCUT2D eigenvalue weighted by Crippen LogP contribution is 2.50. The Morgan fingerprint density at radius 2 is 1.86 bits per heavy atom. The first-order valence-electron chi connectivity index (χ1n) is 11.5. The smallest absolute Gasteiger partial charge is 0.416 e. The van der Waals surface area contributed by atoms with E-state index in [0.717, 1.165) is 35.3 Å². The number of hydrogen-bond acceptors (Lipinski definition) is 6. The number of benzene rings is 2. The molecule has 1 aliphatic carbocycles. The summed E-state index contributed by atoms with van der Waals surface area (Å²) < 4.78 is 80.4. The van der Waals surface area contributed by atoms with Crippen molar-refractivity contribution in [2.24, 2.45) is 5.41 Å². The zero-order chi connectivity index (χ0) is 25.9. The van der Waals surface area contributed by atoms with Gasteiger partial charge in [0.2, 0.25) is 0 Å². The number of fused-ring (bicyclic) bond motifs is 1. The van der Waals surface area contributed by atoms with Crippen LogP contribution in [0.2, 0.25) is 0 Å². The third-order valence-corrected chi connectivity index (χ3v) is 9.06. The number of alkyl halides is 3. The second kappa shape index (κ2) is 8.63. The van der Waals surface area contributed by atoms with E-state index in [2.05, 4.69) is 15.9 Å². The lowest BCUT2D eigenvalue weighted by Crippen LogP contribution is -2.71. The van der Waals surface area contributed by atoms with Crippen molar-refractivity contribution in [3.05, 3.63) is 52.5 Å². The Bertz CT molecular complexity index is 1310. The number of anilines is 1. The Labute approximate surface area is 215 Å². The summed E-state index contributed by atoms with van der Waals surface area (Å²) in [5.74, 6) is 0.102. The number of rotatable bonds is 6. The van der Waals surface area contributed by atoms with Crippen LogP contribution in [-0.4, -0.2) is 57.7 Å². The Morgan fingerprint density at radius 3 is 2.50 bits per heavy atom. The predicted molar refractivity (Wildman–Crippen MR) is 128 cm³/mol. The van der Waals surface area contributed by atoms with Crippen LogP contribution in [0.25, 0.3) is 0 Å². The molecular formula is C24H24BrF3N2O5S. The summed E-state index contributed by atoms with van der Waals surface area (Å²) in [6.45, 7) is 3.24. The van der Waals surface area contributed by atoms with E-state index in [0.29, 0.717) is 42.5 Å². The molecular weight excluding hydrogens is 565 g/mol. The first-order valence-corrected chi connectivity index (χ1v) is 13.7. The minimum atomic E-state index is -4.68. The number of nitrogens with zero attached hydrogens (tertiary/aromatic N) is 2. The van der Waals surface area contributed by atoms with Gasteiger partial charge in [-0.1, -0.05) is 22.0 Å². The SMILES string of the molecule is CCOC(=O)C1(CN2CC3(C2)CN(S(=O)(=O)c2cccc(C(F)(F)F)c2)c2cc(Br)ccc2O3)CC1. The first-order chi connectivity index (χ1) is 16.9. The second-order valence-electron chi connectivity index (χ2n) is 9.58. The molecule has 3 aliphatic rings. The van der Waals surface area contributed by atoms with Gasteiger partial charge in [-0.3, -0.25) is 14.0 Å². The van der Waals surface area contributed by atoms with Gasteiger partial charge in [-0.15, -0.1) is 0 Å². The fourth-order valence-electron chi connectivity index (χ4n) is 4.89. The minimum absolute atomic E-state index is 0.0715. The van der Waals surface area contributed by atoms with E-state index in [4.69, 9.17) is 9.47 Å². The van der Waals surface area contributed by atoms with E-state index < -0.39 is 37.7 Å². The number of halogens is 4. The van der Waals surface area contributed by atoms with Gasteiger partial charge in [0.1, 0.15) is 5.75 Å². The molecule has 1 spiro atoms. The number of likely N-dealkylation sites (tertiary alicyclic amines) is 1. The summed E-state index contributed by atoms with van der Waals surface area (Å²) in [6.07, 6.45) is -3.20. The van der Waals surface area contributed by atoms with Crippen molar-refractivity contribution in [1.82, 2.24) is 4.90 Å². The number of sulfonamides is 1. The molecule has 0 atom stereocenters. The topological polar surface area (TPSA) is 76.2 Å². The van der Waals surface area contributed by atoms with Crippen LogP contribution < -0.4 is 9.04 Å². The Hall–Kier alpha value is -2.31. The maximum atomic E-state index is 13.7. The molecule has 1 saturated heterocycles. The summed E-state index contributed by atoms with van der Waals surface area (Å²) >= 11 is 3.34. The van der Waals surface area contributed by atoms with Crippen LogP contribution in [0.1, 0.15) is 25.3 Å². The van der Waals surface area contributed by atoms with Crippen LogP contribution in [0, 0.1) is 5.41 Å². The maximum Gasteiger partial charge on any atom is 0.416 e. The number of ether oxygens (including phenoxy) is 2. The number of carbonyl (C=O) groups is 1. The molecule has 1 saturated carbocycles. The van der Waals surface area contributed by atoms with Gasteiger partial charge in [0.15, 0.2) is 5.60 Å². The molecule has 0 N–H and O–H groups in total. The third kappa shape index (κ3) is 4.47. The highest BCUT2D eigenvalue weighted by Gasteiger charge is 2.58. The van der Waals surface area contributed by atoms with Crippen LogP contribution in [0.3, 0.4) is 0 Å². The van der Waals surface area contributed by atoms with Gasteiger partial charge in [-0.2, -0.15) is 13.2 Å². The van der Waals surface area contributed by atoms with Crippen molar-refractivity contribution in [3.63, 3.8) is 0 Å². The molecule has 2 aromatic rings. The van der Waals surface area contributed by atoms with Crippen LogP contribution in [0.15, 0.2) is 51.8 Å². The molecule has 2 aromatic carbocycles. The standard InChI is InChI=1S/C24H24BrF3N2O5S/c1-2-34-21(31)22(8-9-22)12-29-13-23(14-29)15-30(19-11-17(25)6-7-20(19)35-23)36(32,33)18-5-3-4-16(10-18)24(26,27)28/h3-7,10-11H,2,8-9,12-15H2,1H3. The molecule has 0 radical (unpaired) electrons. The summed E-state index contributed by atoms with van der Waals surface area (Å²) in [5, 5.41) is 0. The zero-order valence-corrected chi connectivity index (χ0v) is 21.7. The number of carbonyl (C=O) groups excluding carboxylic acids is 1. The fourth-order valence-corrected chi connectivity index (χ4v) is 6.83. The molecule has 2 aliphatic heterocycles. The average Bonchev–Trinajstić information content (AvgIpc) is 3.58. The summed E-state index contributed by atoms with van der Waals surface area (Å²) in [6, 6.07) is 8.66. The quantitative estimate of drug-likeness (QED) is 0.464. The Morgan fingerprint density at radius 1 is 1.14 bits per heavy atom. The van der Waals surface area contributed by atoms with E-state index >= 15 is 0 Å². The highest BCUT2D eigenvalue weighted by atomic mass is 79.9. The van der Waals surface area contributed by atoms with Gasteiger partial charge < -0.3 is 9.47 Å². The molecule has 12 heteroatoms. The molecule has 194 valence electrons. The largest absolute Gasteiger partial charge is 0.480 e. The first kappa shape index (κ1) is 25.3. The van der Waals surface area contributed by atoms with Gasteiger partial charge in [0.05, 0.1) is 34.7 Å². The van der Waals surface area contributed by atoms with Crippen molar-refractivity contribution in [3.8, 4) is 5.75 Å². The average molecular weight is 589 g/mol. The lowest BCUT2D eigenvalue weighted by Gasteiger charge is -2.54. The maximum absolute atomic E-state index is 13.7. The van der Waals surface area contributed by atoms with Gasteiger partial charge in [-0.05, 0) is 56.2 Å². The summed E-state index contributed by atoms with van der Waals surface area (Å²) in [7, 11) is -4.34. The number of esters is 1. The molecule has 2 fully saturated rings. The third-order valence-electron chi connectivity index (χ3n) is 6.81. The predicted octanol–water partition coefficient (Wildman–Crippen LogP) is 4.45. The van der Waals surface area contributed by atoms with Crippen LogP contribution in [0.4, 0.5) is 18.9 Å².